The number of benzene rings is 1. The highest BCUT2D eigenvalue weighted by Gasteiger charge is 2.02. The Labute approximate surface area is 125 Å². The number of aryl methyl sites for hydroxylation is 1. The van der Waals surface area contributed by atoms with Crippen molar-refractivity contribution in [2.45, 2.75) is 33.1 Å². The van der Waals surface area contributed by atoms with Crippen LogP contribution in [0, 0.1) is 6.92 Å². The highest BCUT2D eigenvalue weighted by Crippen LogP contribution is 2.16. The summed E-state index contributed by atoms with van der Waals surface area (Å²) < 4.78 is 0. The van der Waals surface area contributed by atoms with Gasteiger partial charge in [-0.05, 0) is 37.6 Å². The van der Waals surface area contributed by atoms with Crippen molar-refractivity contribution in [1.29, 1.82) is 0 Å². The van der Waals surface area contributed by atoms with E-state index in [1.54, 1.807) is 6.20 Å². The molecule has 4 heteroatoms. The lowest BCUT2D eigenvalue weighted by atomic mass is 10.2. The second kappa shape index (κ2) is 7.43. The first kappa shape index (κ1) is 15.0. The number of unbranched alkanes of at least 4 members (excludes halogenated alkanes) is 1. The number of carbonyl (C=O) groups excluding carboxylic acids is 1. The zero-order chi connectivity index (χ0) is 15.1. The first-order valence-electron chi connectivity index (χ1n) is 7.27. The summed E-state index contributed by atoms with van der Waals surface area (Å²) in [5.41, 5.74) is 2.94. The van der Waals surface area contributed by atoms with Gasteiger partial charge in [-0.15, -0.1) is 0 Å². The van der Waals surface area contributed by atoms with Gasteiger partial charge in [0.15, 0.2) is 0 Å². The Hall–Kier alpha value is -2.36. The molecule has 21 heavy (non-hydrogen) atoms. The molecule has 0 fully saturated rings. The largest absolute Gasteiger partial charge is 0.340 e. The van der Waals surface area contributed by atoms with Gasteiger partial charge in [0.05, 0.1) is 11.9 Å². The molecule has 1 aromatic carbocycles. The zero-order valence-corrected chi connectivity index (χ0v) is 12.5. The average Bonchev–Trinajstić information content (AvgIpc) is 2.49. The van der Waals surface area contributed by atoms with Crippen LogP contribution in [0.3, 0.4) is 0 Å². The molecule has 1 aromatic heterocycles. The van der Waals surface area contributed by atoms with Gasteiger partial charge in [-0.25, -0.2) is 4.98 Å². The molecule has 0 saturated carbocycles. The quantitative estimate of drug-likeness (QED) is 0.832. The third kappa shape index (κ3) is 4.91. The van der Waals surface area contributed by atoms with Crippen molar-refractivity contribution in [2.75, 3.05) is 10.6 Å². The molecule has 2 aromatic rings. The van der Waals surface area contributed by atoms with Gasteiger partial charge in [0.2, 0.25) is 5.91 Å². The number of amides is 1. The lowest BCUT2D eigenvalue weighted by Crippen LogP contribution is -2.11. The van der Waals surface area contributed by atoms with Crippen LogP contribution in [0.1, 0.15) is 31.7 Å². The number of pyridine rings is 1. The predicted octanol–water partition coefficient (Wildman–Crippen LogP) is 4.26. The van der Waals surface area contributed by atoms with Crippen molar-refractivity contribution in [1.82, 2.24) is 4.98 Å². The minimum absolute atomic E-state index is 0.0397. The summed E-state index contributed by atoms with van der Waals surface area (Å²) in [6.45, 7) is 4.12. The number of aromatic nitrogens is 1. The summed E-state index contributed by atoms with van der Waals surface area (Å²) in [5.74, 6) is 0.795. The number of anilines is 3. The van der Waals surface area contributed by atoms with E-state index >= 15 is 0 Å². The van der Waals surface area contributed by atoms with E-state index < -0.39 is 0 Å². The first-order chi connectivity index (χ1) is 10.2. The highest BCUT2D eigenvalue weighted by molar-refractivity contribution is 5.90. The van der Waals surface area contributed by atoms with Crippen LogP contribution in [-0.2, 0) is 4.79 Å². The van der Waals surface area contributed by atoms with Crippen LogP contribution in [0.15, 0.2) is 42.6 Å². The van der Waals surface area contributed by atoms with Crippen LogP contribution in [0.5, 0.6) is 0 Å². The van der Waals surface area contributed by atoms with Crippen LogP contribution >= 0.6 is 0 Å². The molecule has 0 saturated heterocycles. The molecule has 0 radical (unpaired) electrons. The first-order valence-corrected chi connectivity index (χ1v) is 7.27. The molecule has 0 atom stereocenters. The third-order valence-electron chi connectivity index (χ3n) is 3.13. The fraction of sp³-hybridized carbons (Fsp3) is 0.294. The fourth-order valence-corrected chi connectivity index (χ4v) is 1.89. The van der Waals surface area contributed by atoms with E-state index in [2.05, 4.69) is 29.5 Å². The number of carbonyl (C=O) groups is 1. The summed E-state index contributed by atoms with van der Waals surface area (Å²) in [6.07, 6.45) is 4.15. The van der Waals surface area contributed by atoms with Gasteiger partial charge < -0.3 is 10.6 Å². The number of rotatable bonds is 6. The van der Waals surface area contributed by atoms with Crippen molar-refractivity contribution < 1.29 is 4.79 Å². The minimum atomic E-state index is 0.0397. The van der Waals surface area contributed by atoms with Crippen LogP contribution in [-0.4, -0.2) is 10.9 Å². The van der Waals surface area contributed by atoms with Crippen LogP contribution < -0.4 is 10.6 Å². The van der Waals surface area contributed by atoms with Gasteiger partial charge in [-0.1, -0.05) is 31.0 Å². The minimum Gasteiger partial charge on any atom is -0.340 e. The number of nitrogens with one attached hydrogen (secondary N) is 2. The smallest absolute Gasteiger partial charge is 0.224 e. The summed E-state index contributed by atoms with van der Waals surface area (Å²) >= 11 is 0. The Morgan fingerprint density at radius 1 is 1.10 bits per heavy atom. The molecule has 0 aliphatic rings. The van der Waals surface area contributed by atoms with Gasteiger partial charge >= 0.3 is 0 Å². The molecule has 0 aliphatic heterocycles. The Bertz CT molecular complexity index is 576. The Kier molecular flexibility index (Phi) is 5.32. The zero-order valence-electron chi connectivity index (χ0n) is 12.5. The topological polar surface area (TPSA) is 54.0 Å². The average molecular weight is 283 g/mol. The van der Waals surface area contributed by atoms with Gasteiger partial charge in [0.1, 0.15) is 5.82 Å². The molecule has 1 heterocycles. The van der Waals surface area contributed by atoms with E-state index in [4.69, 9.17) is 0 Å². The van der Waals surface area contributed by atoms with Crippen molar-refractivity contribution in [3.05, 3.63) is 48.2 Å². The van der Waals surface area contributed by atoms with Gasteiger partial charge in [0.25, 0.3) is 0 Å². The maximum absolute atomic E-state index is 11.6. The molecule has 2 N–H and O–H groups in total. The molecule has 0 aliphatic carbocycles. The SMILES string of the molecule is CCCCC(=O)Nc1ccc(Nc2ccc(C)cc2)nc1. The van der Waals surface area contributed by atoms with Gasteiger partial charge in [-0.3, -0.25) is 4.79 Å². The number of hydrogen-bond acceptors (Lipinski definition) is 3. The van der Waals surface area contributed by atoms with Gasteiger partial charge in [-0.2, -0.15) is 0 Å². The van der Waals surface area contributed by atoms with E-state index in [1.165, 1.54) is 5.56 Å². The number of nitrogens with zero attached hydrogens (tertiary/aromatic N) is 1. The lowest BCUT2D eigenvalue weighted by molar-refractivity contribution is -0.116. The molecule has 110 valence electrons. The third-order valence-corrected chi connectivity index (χ3v) is 3.13. The molecular weight excluding hydrogens is 262 g/mol. The molecule has 0 unspecified atom stereocenters. The summed E-state index contributed by atoms with van der Waals surface area (Å²) in [6, 6.07) is 11.8. The highest BCUT2D eigenvalue weighted by atomic mass is 16.1. The monoisotopic (exact) mass is 283 g/mol. The maximum atomic E-state index is 11.6. The van der Waals surface area contributed by atoms with Crippen molar-refractivity contribution in [3.8, 4) is 0 Å². The van der Waals surface area contributed by atoms with E-state index in [-0.39, 0.29) is 5.91 Å². The summed E-state index contributed by atoms with van der Waals surface area (Å²) in [4.78, 5) is 15.9. The Morgan fingerprint density at radius 3 is 2.43 bits per heavy atom. The second-order valence-electron chi connectivity index (χ2n) is 5.07. The van der Waals surface area contributed by atoms with Crippen LogP contribution in [0.2, 0.25) is 0 Å². The Balaban J connectivity index is 1.92. The fourth-order valence-electron chi connectivity index (χ4n) is 1.89. The lowest BCUT2D eigenvalue weighted by Gasteiger charge is -2.08. The standard InChI is InChI=1S/C17H21N3O/c1-3-4-5-17(21)20-15-10-11-16(18-12-15)19-14-8-6-13(2)7-9-14/h6-12H,3-5H2,1-2H3,(H,18,19)(H,20,21). The van der Waals surface area contributed by atoms with Crippen molar-refractivity contribution in [3.63, 3.8) is 0 Å². The van der Waals surface area contributed by atoms with Crippen LogP contribution in [0.4, 0.5) is 17.2 Å². The normalized spacial score (nSPS) is 10.2. The number of hydrogen-bond donors (Lipinski definition) is 2. The van der Waals surface area contributed by atoms with Crippen LogP contribution in [0.25, 0.3) is 0 Å². The predicted molar refractivity (Wildman–Crippen MR) is 86.9 cm³/mol. The van der Waals surface area contributed by atoms with E-state index in [0.29, 0.717) is 6.42 Å². The molecule has 1 amide bonds. The molecular formula is C17H21N3O. The second-order valence-corrected chi connectivity index (χ2v) is 5.07. The van der Waals surface area contributed by atoms with E-state index in [9.17, 15) is 4.79 Å². The Morgan fingerprint density at radius 2 is 1.81 bits per heavy atom. The summed E-state index contributed by atoms with van der Waals surface area (Å²) in [5, 5.41) is 6.07. The molecule has 0 spiro atoms. The maximum Gasteiger partial charge on any atom is 0.224 e. The molecule has 0 bridgehead atoms. The van der Waals surface area contributed by atoms with E-state index in [0.717, 1.165) is 30.0 Å². The van der Waals surface area contributed by atoms with Gasteiger partial charge in [0, 0.05) is 12.1 Å². The summed E-state index contributed by atoms with van der Waals surface area (Å²) in [7, 11) is 0. The molecule has 2 rings (SSSR count). The molecule has 4 nitrogen and oxygen atoms in total. The van der Waals surface area contributed by atoms with Crippen molar-refractivity contribution in [2.24, 2.45) is 0 Å². The van der Waals surface area contributed by atoms with Crippen molar-refractivity contribution >= 4 is 23.1 Å². The van der Waals surface area contributed by atoms with E-state index in [1.807, 2.05) is 36.4 Å².